The third kappa shape index (κ3) is 5.59. The van der Waals surface area contributed by atoms with Crippen LogP contribution < -0.4 is 0 Å². The van der Waals surface area contributed by atoms with Gasteiger partial charge in [0.15, 0.2) is 5.78 Å². The summed E-state index contributed by atoms with van der Waals surface area (Å²) in [5, 5.41) is 0. The van der Waals surface area contributed by atoms with E-state index in [-0.39, 0.29) is 31.4 Å². The second-order valence-electron chi connectivity index (χ2n) is 3.34. The molecule has 0 aliphatic carbocycles. The number of benzene rings is 1. The van der Waals surface area contributed by atoms with Crippen molar-refractivity contribution < 1.29 is 9.59 Å². The first-order valence-corrected chi connectivity index (χ1v) is 4.78. The van der Waals surface area contributed by atoms with Crippen LogP contribution in [0.2, 0.25) is 0 Å². The summed E-state index contributed by atoms with van der Waals surface area (Å²) in [5.74, 6) is 0.262. The van der Waals surface area contributed by atoms with Gasteiger partial charge in [0.2, 0.25) is 0 Å². The zero-order chi connectivity index (χ0) is 10.4. The van der Waals surface area contributed by atoms with Crippen molar-refractivity contribution >= 4 is 31.4 Å². The van der Waals surface area contributed by atoms with Gasteiger partial charge < -0.3 is 4.79 Å². The summed E-state index contributed by atoms with van der Waals surface area (Å²) in [6.45, 7) is 1.55. The average Bonchev–Trinajstić information content (AvgIpc) is 2.18. The number of carbonyl (C=O) groups excluding carboxylic acids is 2. The molecule has 80 valence electrons. The van der Waals surface area contributed by atoms with Crippen LogP contribution in [0.25, 0.3) is 0 Å². The number of ketones is 2. The fraction of sp³-hybridized carbons (Fsp3) is 0.333. The normalized spacial score (nSPS) is 9.13. The van der Waals surface area contributed by atoms with Gasteiger partial charge in [0, 0.05) is 18.4 Å². The van der Waals surface area contributed by atoms with Crippen LogP contribution in [0.1, 0.15) is 36.5 Å². The van der Waals surface area contributed by atoms with Crippen molar-refractivity contribution in [3.63, 3.8) is 0 Å². The quantitative estimate of drug-likeness (QED) is 0.595. The van der Waals surface area contributed by atoms with Gasteiger partial charge in [0.1, 0.15) is 5.78 Å². The van der Waals surface area contributed by atoms with Gasteiger partial charge in [0.05, 0.1) is 0 Å². The molecule has 0 saturated carbocycles. The topological polar surface area (TPSA) is 34.1 Å². The molecule has 0 heterocycles. The van der Waals surface area contributed by atoms with Crippen molar-refractivity contribution in [2.24, 2.45) is 0 Å². The first-order valence-electron chi connectivity index (χ1n) is 4.78. The number of hydrogen-bond donors (Lipinski definition) is 0. The Kier molecular flexibility index (Phi) is 7.08. The van der Waals surface area contributed by atoms with Crippen molar-refractivity contribution in [2.75, 3.05) is 0 Å². The van der Waals surface area contributed by atoms with Crippen molar-refractivity contribution in [1.29, 1.82) is 0 Å². The van der Waals surface area contributed by atoms with Crippen molar-refractivity contribution in [3.8, 4) is 0 Å². The number of hydrogen-bond acceptors (Lipinski definition) is 2. The van der Waals surface area contributed by atoms with Gasteiger partial charge in [-0.2, -0.15) is 0 Å². The summed E-state index contributed by atoms with van der Waals surface area (Å²) in [6.07, 6.45) is 1.62. The minimum atomic E-state index is 0. The van der Waals surface area contributed by atoms with E-state index in [0.717, 1.165) is 5.56 Å². The molecule has 2 nitrogen and oxygen atoms in total. The Morgan fingerprint density at radius 2 is 1.67 bits per heavy atom. The Morgan fingerprint density at radius 1 is 1.07 bits per heavy atom. The second-order valence-corrected chi connectivity index (χ2v) is 3.34. The van der Waals surface area contributed by atoms with E-state index in [1.165, 1.54) is 0 Å². The van der Waals surface area contributed by atoms with E-state index in [1.807, 2.05) is 18.2 Å². The molecule has 0 bridgehead atoms. The molecule has 1 aromatic carbocycles. The van der Waals surface area contributed by atoms with Gasteiger partial charge in [-0.05, 0) is 13.3 Å². The summed E-state index contributed by atoms with van der Waals surface area (Å²) < 4.78 is 0. The van der Waals surface area contributed by atoms with Crippen molar-refractivity contribution in [1.82, 2.24) is 0 Å². The molecular formula is C12H17GaO2. The third-order valence-electron chi connectivity index (χ3n) is 2.03. The summed E-state index contributed by atoms with van der Waals surface area (Å²) in [4.78, 5) is 22.2. The van der Waals surface area contributed by atoms with E-state index in [1.54, 1.807) is 19.1 Å². The minimum absolute atomic E-state index is 0. The first-order chi connectivity index (χ1) is 6.70. The first kappa shape index (κ1) is 14.2. The zero-order valence-corrected chi connectivity index (χ0v) is 8.32. The predicted molar refractivity (Wildman–Crippen MR) is 65.2 cm³/mol. The maximum atomic E-state index is 11.5. The SMILES string of the molecule is CC(=O)CCCC(=O)c1ccccc1.[GaH3]. The molecule has 0 aliphatic heterocycles. The fourth-order valence-corrected chi connectivity index (χ4v) is 1.27. The van der Waals surface area contributed by atoms with Crippen LogP contribution in [0.5, 0.6) is 0 Å². The van der Waals surface area contributed by atoms with Crippen molar-refractivity contribution in [3.05, 3.63) is 35.9 Å². The Bertz CT molecular complexity index is 320. The van der Waals surface area contributed by atoms with Gasteiger partial charge in [-0.15, -0.1) is 0 Å². The maximum absolute atomic E-state index is 11.5. The molecule has 1 aromatic rings. The van der Waals surface area contributed by atoms with Gasteiger partial charge in [-0.3, -0.25) is 4.79 Å². The van der Waals surface area contributed by atoms with Crippen LogP contribution in [0.15, 0.2) is 30.3 Å². The Hall–Kier alpha value is -0.804. The molecule has 0 amide bonds. The van der Waals surface area contributed by atoms with Crippen molar-refractivity contribution in [2.45, 2.75) is 26.2 Å². The Labute approximate surface area is 103 Å². The number of carbonyl (C=O) groups is 2. The molecule has 0 atom stereocenters. The molecule has 0 fully saturated rings. The Morgan fingerprint density at radius 3 is 2.20 bits per heavy atom. The van der Waals surface area contributed by atoms with E-state index >= 15 is 0 Å². The van der Waals surface area contributed by atoms with E-state index in [2.05, 4.69) is 0 Å². The molecule has 0 unspecified atom stereocenters. The van der Waals surface area contributed by atoms with Crippen LogP contribution in [-0.2, 0) is 4.79 Å². The van der Waals surface area contributed by atoms with E-state index in [4.69, 9.17) is 0 Å². The van der Waals surface area contributed by atoms with E-state index in [0.29, 0.717) is 19.3 Å². The monoisotopic (exact) mass is 262 g/mol. The third-order valence-corrected chi connectivity index (χ3v) is 2.03. The molecule has 0 spiro atoms. The molecule has 0 aliphatic rings. The van der Waals surface area contributed by atoms with Crippen LogP contribution >= 0.6 is 0 Å². The van der Waals surface area contributed by atoms with Gasteiger partial charge in [-0.25, -0.2) is 0 Å². The van der Waals surface area contributed by atoms with E-state index in [9.17, 15) is 9.59 Å². The molecule has 0 saturated heterocycles. The fourth-order valence-electron chi connectivity index (χ4n) is 1.27. The second kappa shape index (κ2) is 7.48. The molecule has 0 radical (unpaired) electrons. The predicted octanol–water partition coefficient (Wildman–Crippen LogP) is 1.44. The van der Waals surface area contributed by atoms with Crippen LogP contribution in [0.4, 0.5) is 0 Å². The standard InChI is InChI=1S/C12H14O2.Ga.3H/c1-10(13)6-5-9-12(14)11-7-3-2-4-8-11;;;;/h2-4,7-8H,5-6,9H2,1H3;;;;. The zero-order valence-electron chi connectivity index (χ0n) is 8.32. The van der Waals surface area contributed by atoms with Gasteiger partial charge >= 0.3 is 19.8 Å². The summed E-state index contributed by atoms with van der Waals surface area (Å²) in [5.41, 5.74) is 0.732. The van der Waals surface area contributed by atoms with Gasteiger partial charge in [0.25, 0.3) is 0 Å². The van der Waals surface area contributed by atoms with E-state index < -0.39 is 0 Å². The van der Waals surface area contributed by atoms with Crippen LogP contribution in [0.3, 0.4) is 0 Å². The van der Waals surface area contributed by atoms with Gasteiger partial charge in [-0.1, -0.05) is 30.3 Å². The number of rotatable bonds is 5. The number of Topliss-reactive ketones (excluding diaryl/α,β-unsaturated/α-hetero) is 2. The average molecular weight is 263 g/mol. The molecule has 1 rings (SSSR count). The molecule has 15 heavy (non-hydrogen) atoms. The molecule has 0 aromatic heterocycles. The molecule has 3 heteroatoms. The summed E-state index contributed by atoms with van der Waals surface area (Å²) in [6, 6.07) is 9.18. The van der Waals surface area contributed by atoms with Crippen LogP contribution in [0, 0.1) is 0 Å². The molecular weight excluding hydrogens is 246 g/mol. The Balaban J connectivity index is 0.00000196. The summed E-state index contributed by atoms with van der Waals surface area (Å²) in [7, 11) is 0. The summed E-state index contributed by atoms with van der Waals surface area (Å²) >= 11 is 0. The molecule has 0 N–H and O–H groups in total. The van der Waals surface area contributed by atoms with Crippen LogP contribution in [-0.4, -0.2) is 31.4 Å².